The molecule has 18 heavy (non-hydrogen) atoms. The van der Waals surface area contributed by atoms with Gasteiger partial charge in [-0.25, -0.2) is 0 Å². The molecular weight excluding hydrogens is 232 g/mol. The van der Waals surface area contributed by atoms with E-state index < -0.39 is 5.60 Å². The number of hydrogen-bond acceptors (Lipinski definition) is 4. The molecule has 5 heteroatoms. The number of nitrogens with zero attached hydrogens (tertiary/aromatic N) is 2. The third-order valence-electron chi connectivity index (χ3n) is 3.39. The number of non-ortho nitro benzene ring substituents is 1. The maximum Gasteiger partial charge on any atom is 0.269 e. The Morgan fingerprint density at radius 1 is 1.44 bits per heavy atom. The van der Waals surface area contributed by atoms with Crippen LogP contribution in [-0.4, -0.2) is 40.2 Å². The molecule has 1 aliphatic rings. The maximum absolute atomic E-state index is 10.5. The Morgan fingerprint density at radius 3 is 2.61 bits per heavy atom. The largest absolute Gasteiger partial charge is 0.389 e. The third-order valence-corrected chi connectivity index (χ3v) is 3.39. The lowest BCUT2D eigenvalue weighted by Crippen LogP contribution is -2.30. The van der Waals surface area contributed by atoms with Crippen LogP contribution in [0.4, 0.5) is 5.69 Å². The van der Waals surface area contributed by atoms with Crippen LogP contribution in [0.5, 0.6) is 0 Å². The molecule has 0 aromatic heterocycles. The Labute approximate surface area is 106 Å². The minimum atomic E-state index is -0.560. The van der Waals surface area contributed by atoms with Gasteiger partial charge in [0, 0.05) is 31.8 Å². The highest BCUT2D eigenvalue weighted by Gasteiger charge is 2.30. The van der Waals surface area contributed by atoms with E-state index in [1.807, 2.05) is 6.92 Å². The van der Waals surface area contributed by atoms with Crippen LogP contribution in [0.1, 0.15) is 18.9 Å². The van der Waals surface area contributed by atoms with Crippen molar-refractivity contribution < 1.29 is 10.0 Å². The molecule has 1 atom stereocenters. The fourth-order valence-electron chi connectivity index (χ4n) is 2.30. The molecule has 1 N–H and O–H groups in total. The Kier molecular flexibility index (Phi) is 3.63. The van der Waals surface area contributed by atoms with Crippen LogP contribution >= 0.6 is 0 Å². The Bertz CT molecular complexity index is 428. The molecule has 0 bridgehead atoms. The van der Waals surface area contributed by atoms with E-state index >= 15 is 0 Å². The van der Waals surface area contributed by atoms with Gasteiger partial charge in [0.05, 0.1) is 10.5 Å². The maximum atomic E-state index is 10.5. The van der Waals surface area contributed by atoms with Crippen molar-refractivity contribution in [1.29, 1.82) is 0 Å². The number of nitro groups is 1. The van der Waals surface area contributed by atoms with Gasteiger partial charge >= 0.3 is 0 Å². The summed E-state index contributed by atoms with van der Waals surface area (Å²) in [5.41, 5.74) is 0.658. The quantitative estimate of drug-likeness (QED) is 0.651. The van der Waals surface area contributed by atoms with Crippen LogP contribution in [0.15, 0.2) is 24.3 Å². The lowest BCUT2D eigenvalue weighted by Gasteiger charge is -2.18. The number of rotatable bonds is 4. The summed E-state index contributed by atoms with van der Waals surface area (Å²) >= 11 is 0. The summed E-state index contributed by atoms with van der Waals surface area (Å²) in [6.07, 6.45) is 1.67. The molecule has 5 nitrogen and oxygen atoms in total. The zero-order chi connectivity index (χ0) is 13.2. The van der Waals surface area contributed by atoms with Gasteiger partial charge in [-0.1, -0.05) is 12.1 Å². The molecule has 0 radical (unpaired) electrons. The molecule has 1 aromatic rings. The minimum absolute atomic E-state index is 0.128. The van der Waals surface area contributed by atoms with E-state index in [1.54, 1.807) is 12.1 Å². The standard InChI is InChI=1S/C13H18N2O3/c1-13(16)7-9-14(10-13)8-6-11-2-4-12(5-3-11)15(17)18/h2-5,16H,6-10H2,1H3. The summed E-state index contributed by atoms with van der Waals surface area (Å²) in [7, 11) is 0. The minimum Gasteiger partial charge on any atom is -0.389 e. The molecule has 0 spiro atoms. The number of hydrogen-bond donors (Lipinski definition) is 1. The van der Waals surface area contributed by atoms with Crippen molar-refractivity contribution in [1.82, 2.24) is 4.90 Å². The van der Waals surface area contributed by atoms with Crippen molar-refractivity contribution in [3.63, 3.8) is 0 Å². The Balaban J connectivity index is 1.85. The number of nitro benzene ring substituents is 1. The number of benzene rings is 1. The first kappa shape index (κ1) is 13.0. The predicted molar refractivity (Wildman–Crippen MR) is 68.5 cm³/mol. The SMILES string of the molecule is CC1(O)CCN(CCc2ccc([N+](=O)[O-])cc2)C1. The van der Waals surface area contributed by atoms with Crippen molar-refractivity contribution in [2.75, 3.05) is 19.6 Å². The van der Waals surface area contributed by atoms with Crippen molar-refractivity contribution in [2.24, 2.45) is 0 Å². The van der Waals surface area contributed by atoms with Gasteiger partial charge in [-0.3, -0.25) is 10.1 Å². The average molecular weight is 250 g/mol. The third kappa shape index (κ3) is 3.27. The smallest absolute Gasteiger partial charge is 0.269 e. The summed E-state index contributed by atoms with van der Waals surface area (Å²) in [5.74, 6) is 0. The van der Waals surface area contributed by atoms with Crippen molar-refractivity contribution in [3.8, 4) is 0 Å². The predicted octanol–water partition coefficient (Wildman–Crippen LogP) is 1.59. The van der Waals surface area contributed by atoms with Crippen LogP contribution in [0.2, 0.25) is 0 Å². The first-order chi connectivity index (χ1) is 8.46. The van der Waals surface area contributed by atoms with Crippen LogP contribution in [0.25, 0.3) is 0 Å². The van der Waals surface area contributed by atoms with Gasteiger partial charge in [0.25, 0.3) is 5.69 Å². The molecular formula is C13H18N2O3. The van der Waals surface area contributed by atoms with E-state index in [9.17, 15) is 15.2 Å². The molecule has 1 aromatic carbocycles. The van der Waals surface area contributed by atoms with Crippen LogP contribution < -0.4 is 0 Å². The molecule has 2 rings (SSSR count). The number of β-amino-alcohol motifs (C(OH)–C–C–N with tert-alkyl or cyclic N) is 1. The second-order valence-corrected chi connectivity index (χ2v) is 5.20. The second kappa shape index (κ2) is 5.04. The van der Waals surface area contributed by atoms with E-state index in [1.165, 1.54) is 12.1 Å². The van der Waals surface area contributed by atoms with Crippen LogP contribution in [0.3, 0.4) is 0 Å². The fourth-order valence-corrected chi connectivity index (χ4v) is 2.30. The summed E-state index contributed by atoms with van der Waals surface area (Å²) < 4.78 is 0. The van der Waals surface area contributed by atoms with Gasteiger partial charge in [0.15, 0.2) is 0 Å². The van der Waals surface area contributed by atoms with Crippen LogP contribution in [-0.2, 0) is 6.42 Å². The molecule has 1 fully saturated rings. The van der Waals surface area contributed by atoms with E-state index in [4.69, 9.17) is 0 Å². The van der Waals surface area contributed by atoms with Gasteiger partial charge in [-0.05, 0) is 25.3 Å². The summed E-state index contributed by atoms with van der Waals surface area (Å²) in [6.45, 7) is 4.37. The first-order valence-corrected chi connectivity index (χ1v) is 6.14. The zero-order valence-electron chi connectivity index (χ0n) is 10.5. The van der Waals surface area contributed by atoms with Crippen molar-refractivity contribution >= 4 is 5.69 Å². The second-order valence-electron chi connectivity index (χ2n) is 5.20. The normalized spacial score (nSPS) is 24.3. The Morgan fingerprint density at radius 2 is 2.11 bits per heavy atom. The van der Waals surface area contributed by atoms with E-state index in [-0.39, 0.29) is 10.6 Å². The zero-order valence-corrected chi connectivity index (χ0v) is 10.5. The first-order valence-electron chi connectivity index (χ1n) is 6.14. The molecule has 0 amide bonds. The van der Waals surface area contributed by atoms with Gasteiger partial charge in [0.2, 0.25) is 0 Å². The molecule has 1 saturated heterocycles. The van der Waals surface area contributed by atoms with E-state index in [2.05, 4.69) is 4.90 Å². The number of aliphatic hydroxyl groups is 1. The molecule has 98 valence electrons. The molecule has 1 heterocycles. The molecule has 1 aliphatic heterocycles. The highest BCUT2D eigenvalue weighted by atomic mass is 16.6. The van der Waals surface area contributed by atoms with Gasteiger partial charge in [0.1, 0.15) is 0 Å². The Hall–Kier alpha value is -1.46. The van der Waals surface area contributed by atoms with Crippen molar-refractivity contribution in [2.45, 2.75) is 25.4 Å². The van der Waals surface area contributed by atoms with Gasteiger partial charge in [-0.2, -0.15) is 0 Å². The lowest BCUT2D eigenvalue weighted by molar-refractivity contribution is -0.384. The highest BCUT2D eigenvalue weighted by Crippen LogP contribution is 2.20. The van der Waals surface area contributed by atoms with E-state index in [0.717, 1.165) is 31.5 Å². The lowest BCUT2D eigenvalue weighted by atomic mass is 10.1. The van der Waals surface area contributed by atoms with Crippen LogP contribution in [0, 0.1) is 10.1 Å². The van der Waals surface area contributed by atoms with E-state index in [0.29, 0.717) is 6.54 Å². The fraction of sp³-hybridized carbons (Fsp3) is 0.538. The monoisotopic (exact) mass is 250 g/mol. The highest BCUT2D eigenvalue weighted by molar-refractivity contribution is 5.32. The summed E-state index contributed by atoms with van der Waals surface area (Å²) in [5, 5.41) is 20.4. The summed E-state index contributed by atoms with van der Waals surface area (Å²) in [4.78, 5) is 12.4. The summed E-state index contributed by atoms with van der Waals surface area (Å²) in [6, 6.07) is 6.67. The molecule has 0 saturated carbocycles. The topological polar surface area (TPSA) is 66.6 Å². The molecule has 0 aliphatic carbocycles. The number of likely N-dealkylation sites (tertiary alicyclic amines) is 1. The van der Waals surface area contributed by atoms with Gasteiger partial charge in [-0.15, -0.1) is 0 Å². The van der Waals surface area contributed by atoms with Crippen molar-refractivity contribution in [3.05, 3.63) is 39.9 Å². The van der Waals surface area contributed by atoms with Gasteiger partial charge < -0.3 is 10.0 Å². The molecule has 1 unspecified atom stereocenters. The average Bonchev–Trinajstić information content (AvgIpc) is 2.67.